The number of hydrogen-bond acceptors (Lipinski definition) is 6. The Kier molecular flexibility index (Phi) is 5.84. The van der Waals surface area contributed by atoms with Crippen molar-refractivity contribution in [2.24, 2.45) is 0 Å². The van der Waals surface area contributed by atoms with Crippen LogP contribution in [0.4, 0.5) is 11.6 Å². The lowest BCUT2D eigenvalue weighted by molar-refractivity contribution is -0.119. The van der Waals surface area contributed by atoms with Crippen LogP contribution in [0.25, 0.3) is 11.3 Å². The van der Waals surface area contributed by atoms with Gasteiger partial charge in [-0.25, -0.2) is 9.97 Å². The molecular weight excluding hydrogens is 388 g/mol. The van der Waals surface area contributed by atoms with E-state index in [-0.39, 0.29) is 17.5 Å². The first-order valence-corrected chi connectivity index (χ1v) is 10.6. The third-order valence-corrected chi connectivity index (χ3v) is 5.35. The van der Waals surface area contributed by atoms with Crippen molar-refractivity contribution in [1.29, 1.82) is 0 Å². The number of nitrogens with zero attached hydrogens (tertiary/aromatic N) is 3. The van der Waals surface area contributed by atoms with Gasteiger partial charge in [-0.1, -0.05) is 30.3 Å². The summed E-state index contributed by atoms with van der Waals surface area (Å²) in [5.41, 5.74) is 4.95. The number of rotatable bonds is 6. The van der Waals surface area contributed by atoms with Crippen LogP contribution in [0.15, 0.2) is 54.9 Å². The van der Waals surface area contributed by atoms with Crippen LogP contribution in [0.5, 0.6) is 0 Å². The summed E-state index contributed by atoms with van der Waals surface area (Å²) in [6.45, 7) is 6.01. The Hall–Kier alpha value is -3.48. The Balaban J connectivity index is 1.50. The van der Waals surface area contributed by atoms with Crippen LogP contribution in [0.2, 0.25) is 0 Å². The SMILES string of the molecule is CC(=O)NCC(C)(C)Nc1nccc(C2CCc3cnc(-c4ccccc4)cc3N2)n1. The molecule has 4 rings (SSSR count). The van der Waals surface area contributed by atoms with Crippen LogP contribution < -0.4 is 16.0 Å². The molecule has 1 amide bonds. The Labute approximate surface area is 182 Å². The second-order valence-corrected chi connectivity index (χ2v) is 8.55. The summed E-state index contributed by atoms with van der Waals surface area (Å²) < 4.78 is 0. The van der Waals surface area contributed by atoms with Crippen molar-refractivity contribution in [1.82, 2.24) is 20.3 Å². The highest BCUT2D eigenvalue weighted by Crippen LogP contribution is 2.34. The molecular formula is C24H28N6O. The monoisotopic (exact) mass is 416 g/mol. The lowest BCUT2D eigenvalue weighted by atomic mass is 9.96. The molecule has 7 heteroatoms. The van der Waals surface area contributed by atoms with Gasteiger partial charge in [-0.3, -0.25) is 9.78 Å². The van der Waals surface area contributed by atoms with Crippen LogP contribution >= 0.6 is 0 Å². The van der Waals surface area contributed by atoms with Gasteiger partial charge in [-0.2, -0.15) is 0 Å². The highest BCUT2D eigenvalue weighted by Gasteiger charge is 2.23. The van der Waals surface area contributed by atoms with Gasteiger partial charge in [-0.15, -0.1) is 0 Å². The lowest BCUT2D eigenvalue weighted by Crippen LogP contribution is -2.44. The topological polar surface area (TPSA) is 91.8 Å². The summed E-state index contributed by atoms with van der Waals surface area (Å²) in [5, 5.41) is 9.81. The number of aromatic nitrogens is 3. The fourth-order valence-electron chi connectivity index (χ4n) is 3.68. The maximum atomic E-state index is 11.2. The average Bonchev–Trinajstić information content (AvgIpc) is 2.77. The van der Waals surface area contributed by atoms with E-state index in [0.29, 0.717) is 12.5 Å². The normalized spacial score (nSPS) is 15.5. The molecule has 0 fully saturated rings. The minimum Gasteiger partial charge on any atom is -0.376 e. The van der Waals surface area contributed by atoms with Crippen molar-refractivity contribution in [2.45, 2.75) is 45.2 Å². The number of benzene rings is 1. The molecule has 1 aromatic carbocycles. The molecule has 0 spiro atoms. The molecule has 160 valence electrons. The zero-order valence-corrected chi connectivity index (χ0v) is 18.1. The first-order valence-electron chi connectivity index (χ1n) is 10.6. The van der Waals surface area contributed by atoms with Crippen LogP contribution in [-0.4, -0.2) is 32.9 Å². The van der Waals surface area contributed by atoms with Gasteiger partial charge in [0.1, 0.15) is 0 Å². The molecule has 31 heavy (non-hydrogen) atoms. The Bertz CT molecular complexity index is 1070. The number of aryl methyl sites for hydroxylation is 1. The molecule has 1 aliphatic heterocycles. The van der Waals surface area contributed by atoms with E-state index in [0.717, 1.165) is 35.5 Å². The van der Waals surface area contributed by atoms with Gasteiger partial charge in [0.15, 0.2) is 0 Å². The Morgan fingerprint density at radius 3 is 2.77 bits per heavy atom. The molecule has 1 atom stereocenters. The van der Waals surface area contributed by atoms with Crippen molar-refractivity contribution in [2.75, 3.05) is 17.2 Å². The van der Waals surface area contributed by atoms with Crippen molar-refractivity contribution in [3.63, 3.8) is 0 Å². The van der Waals surface area contributed by atoms with E-state index in [1.165, 1.54) is 12.5 Å². The lowest BCUT2D eigenvalue weighted by Gasteiger charge is -2.29. The number of nitrogens with one attached hydrogen (secondary N) is 3. The minimum atomic E-state index is -0.368. The summed E-state index contributed by atoms with van der Waals surface area (Å²) in [7, 11) is 0. The number of amides is 1. The van der Waals surface area contributed by atoms with E-state index in [4.69, 9.17) is 4.98 Å². The summed E-state index contributed by atoms with van der Waals surface area (Å²) in [5.74, 6) is 0.499. The quantitative estimate of drug-likeness (QED) is 0.563. The third kappa shape index (κ3) is 5.17. The second kappa shape index (κ2) is 8.71. The van der Waals surface area contributed by atoms with Crippen molar-refractivity contribution >= 4 is 17.5 Å². The van der Waals surface area contributed by atoms with E-state index in [1.807, 2.05) is 44.3 Å². The van der Waals surface area contributed by atoms with E-state index in [1.54, 1.807) is 6.20 Å². The zero-order valence-electron chi connectivity index (χ0n) is 18.1. The number of anilines is 2. The number of carbonyl (C=O) groups is 1. The molecule has 7 nitrogen and oxygen atoms in total. The van der Waals surface area contributed by atoms with Gasteiger partial charge in [-0.05, 0) is 44.4 Å². The molecule has 0 bridgehead atoms. The van der Waals surface area contributed by atoms with Crippen LogP contribution in [0, 0.1) is 0 Å². The molecule has 2 aromatic heterocycles. The van der Waals surface area contributed by atoms with Gasteiger partial charge < -0.3 is 16.0 Å². The smallest absolute Gasteiger partial charge is 0.223 e. The van der Waals surface area contributed by atoms with Crippen LogP contribution in [0.1, 0.15) is 44.5 Å². The first-order chi connectivity index (χ1) is 14.9. The van der Waals surface area contributed by atoms with Crippen molar-refractivity contribution in [3.05, 3.63) is 66.1 Å². The Morgan fingerprint density at radius 1 is 1.19 bits per heavy atom. The predicted octanol–water partition coefficient (Wildman–Crippen LogP) is 3.96. The number of carbonyl (C=O) groups excluding carboxylic acids is 1. The second-order valence-electron chi connectivity index (χ2n) is 8.55. The number of hydrogen-bond donors (Lipinski definition) is 3. The fourth-order valence-corrected chi connectivity index (χ4v) is 3.68. The minimum absolute atomic E-state index is 0.0565. The molecule has 3 N–H and O–H groups in total. The van der Waals surface area contributed by atoms with Crippen molar-refractivity contribution < 1.29 is 4.79 Å². The zero-order chi connectivity index (χ0) is 21.8. The number of pyridine rings is 1. The van der Waals surface area contributed by atoms with E-state index < -0.39 is 0 Å². The molecule has 0 saturated carbocycles. The van der Waals surface area contributed by atoms with E-state index in [2.05, 4.69) is 44.1 Å². The van der Waals surface area contributed by atoms with E-state index in [9.17, 15) is 4.79 Å². The molecule has 0 aliphatic carbocycles. The molecule has 1 aliphatic rings. The maximum absolute atomic E-state index is 11.2. The Morgan fingerprint density at radius 2 is 2.00 bits per heavy atom. The van der Waals surface area contributed by atoms with Gasteiger partial charge in [0.05, 0.1) is 23.0 Å². The summed E-state index contributed by atoms with van der Waals surface area (Å²) >= 11 is 0. The summed E-state index contributed by atoms with van der Waals surface area (Å²) in [4.78, 5) is 25.0. The first kappa shape index (κ1) is 20.8. The predicted molar refractivity (Wildman–Crippen MR) is 123 cm³/mol. The van der Waals surface area contributed by atoms with Gasteiger partial charge in [0.25, 0.3) is 0 Å². The van der Waals surface area contributed by atoms with Gasteiger partial charge in [0.2, 0.25) is 11.9 Å². The largest absolute Gasteiger partial charge is 0.376 e. The molecule has 3 heterocycles. The summed E-state index contributed by atoms with van der Waals surface area (Å²) in [6.07, 6.45) is 5.62. The fraction of sp³-hybridized carbons (Fsp3) is 0.333. The molecule has 0 radical (unpaired) electrons. The number of fused-ring (bicyclic) bond motifs is 1. The van der Waals surface area contributed by atoms with Crippen molar-refractivity contribution in [3.8, 4) is 11.3 Å². The highest BCUT2D eigenvalue weighted by molar-refractivity contribution is 5.73. The van der Waals surface area contributed by atoms with Crippen LogP contribution in [0.3, 0.4) is 0 Å². The van der Waals surface area contributed by atoms with E-state index >= 15 is 0 Å². The third-order valence-electron chi connectivity index (χ3n) is 5.35. The molecule has 1 unspecified atom stereocenters. The standard InChI is InChI=1S/C24H28N6O/c1-16(31)27-15-24(2,3)30-23-25-12-11-20(29-23)19-10-9-18-14-26-21(13-22(18)28-19)17-7-5-4-6-8-17/h4-8,11-14,19,28H,9-10,15H2,1-3H3,(H,27,31)(H,25,29,30). The average molecular weight is 417 g/mol. The summed E-state index contributed by atoms with van der Waals surface area (Å²) in [6, 6.07) is 14.4. The van der Waals surface area contributed by atoms with Crippen LogP contribution in [-0.2, 0) is 11.2 Å². The maximum Gasteiger partial charge on any atom is 0.223 e. The van der Waals surface area contributed by atoms with Gasteiger partial charge in [0, 0.05) is 37.1 Å². The molecule has 3 aromatic rings. The molecule has 0 saturated heterocycles. The van der Waals surface area contributed by atoms with Gasteiger partial charge >= 0.3 is 0 Å². The highest BCUT2D eigenvalue weighted by atomic mass is 16.1.